The quantitative estimate of drug-likeness (QED) is 0.747. The highest BCUT2D eigenvalue weighted by atomic mass is 16.5. The van der Waals surface area contributed by atoms with Gasteiger partial charge in [-0.15, -0.1) is 0 Å². The number of hydrogen-bond acceptors (Lipinski definition) is 2. The number of methoxy groups -OCH3 is 1. The Morgan fingerprint density at radius 2 is 1.88 bits per heavy atom. The Morgan fingerprint density at radius 1 is 1.24 bits per heavy atom. The number of carbonyl (C=O) groups excluding carboxylic acids is 1. The molecule has 0 bridgehead atoms. The minimum Gasteiger partial charge on any atom is -0.497 e. The summed E-state index contributed by atoms with van der Waals surface area (Å²) >= 11 is 0. The van der Waals surface area contributed by atoms with Gasteiger partial charge in [0, 0.05) is 19.2 Å². The molecular weight excluding hydrogens is 214 g/mol. The van der Waals surface area contributed by atoms with Crippen molar-refractivity contribution in [2.24, 2.45) is 0 Å². The van der Waals surface area contributed by atoms with E-state index in [2.05, 4.69) is 0 Å². The van der Waals surface area contributed by atoms with E-state index < -0.39 is 0 Å². The van der Waals surface area contributed by atoms with Gasteiger partial charge in [-0.05, 0) is 36.6 Å². The van der Waals surface area contributed by atoms with Crippen molar-refractivity contribution in [2.45, 2.75) is 12.8 Å². The maximum Gasteiger partial charge on any atom is 0.246 e. The summed E-state index contributed by atoms with van der Waals surface area (Å²) in [5, 5.41) is 0. The zero-order valence-electron chi connectivity index (χ0n) is 10.1. The molecule has 1 aromatic rings. The van der Waals surface area contributed by atoms with Crippen molar-refractivity contribution in [3.63, 3.8) is 0 Å². The fourth-order valence-electron chi connectivity index (χ4n) is 1.93. The van der Waals surface area contributed by atoms with Crippen LogP contribution in [0.2, 0.25) is 0 Å². The number of benzene rings is 1. The van der Waals surface area contributed by atoms with Crippen LogP contribution in [0.1, 0.15) is 18.4 Å². The van der Waals surface area contributed by atoms with Crippen LogP contribution >= 0.6 is 0 Å². The van der Waals surface area contributed by atoms with Crippen LogP contribution in [-0.4, -0.2) is 31.0 Å². The van der Waals surface area contributed by atoms with Gasteiger partial charge in [0.1, 0.15) is 5.75 Å². The van der Waals surface area contributed by atoms with Crippen LogP contribution in [0.3, 0.4) is 0 Å². The van der Waals surface area contributed by atoms with E-state index in [1.54, 1.807) is 13.2 Å². The number of amides is 1. The van der Waals surface area contributed by atoms with Crippen molar-refractivity contribution in [1.82, 2.24) is 4.90 Å². The minimum absolute atomic E-state index is 0.110. The van der Waals surface area contributed by atoms with Gasteiger partial charge < -0.3 is 9.64 Å². The molecule has 0 saturated carbocycles. The van der Waals surface area contributed by atoms with Crippen LogP contribution in [0.15, 0.2) is 30.3 Å². The average Bonchev–Trinajstić information content (AvgIpc) is 2.90. The van der Waals surface area contributed by atoms with Gasteiger partial charge in [0.2, 0.25) is 5.91 Å². The zero-order valence-corrected chi connectivity index (χ0v) is 10.1. The lowest BCUT2D eigenvalue weighted by atomic mass is 10.2. The molecule has 1 aliphatic rings. The standard InChI is InChI=1S/C14H17NO2/c1-17-13-7-4-12(5-8-13)6-9-14(16)15-10-2-3-11-15/h4-9H,2-3,10-11H2,1H3/b9-6-. The molecule has 90 valence electrons. The molecular formula is C14H17NO2. The lowest BCUT2D eigenvalue weighted by molar-refractivity contribution is -0.124. The van der Waals surface area contributed by atoms with E-state index in [-0.39, 0.29) is 5.91 Å². The molecule has 1 saturated heterocycles. The van der Waals surface area contributed by atoms with Crippen molar-refractivity contribution >= 4 is 12.0 Å². The first kappa shape index (κ1) is 11.7. The fraction of sp³-hybridized carbons (Fsp3) is 0.357. The molecule has 0 spiro atoms. The number of nitrogens with zero attached hydrogens (tertiary/aromatic N) is 1. The fourth-order valence-corrected chi connectivity index (χ4v) is 1.93. The third-order valence-corrected chi connectivity index (χ3v) is 2.95. The lowest BCUT2D eigenvalue weighted by Gasteiger charge is -2.11. The average molecular weight is 231 g/mol. The molecule has 3 heteroatoms. The van der Waals surface area contributed by atoms with E-state index in [9.17, 15) is 4.79 Å². The SMILES string of the molecule is COc1ccc(/C=C\C(=O)N2CCCC2)cc1. The minimum atomic E-state index is 0.110. The monoisotopic (exact) mass is 231 g/mol. The molecule has 1 aromatic carbocycles. The Balaban J connectivity index is 1.96. The molecule has 0 N–H and O–H groups in total. The van der Waals surface area contributed by atoms with Crippen molar-refractivity contribution in [1.29, 1.82) is 0 Å². The first-order chi connectivity index (χ1) is 8.29. The van der Waals surface area contributed by atoms with Crippen molar-refractivity contribution in [2.75, 3.05) is 20.2 Å². The molecule has 0 unspecified atom stereocenters. The van der Waals surface area contributed by atoms with Crippen LogP contribution in [0.4, 0.5) is 0 Å². The van der Waals surface area contributed by atoms with E-state index in [4.69, 9.17) is 4.74 Å². The number of rotatable bonds is 3. The van der Waals surface area contributed by atoms with E-state index in [1.807, 2.05) is 35.2 Å². The molecule has 0 aliphatic carbocycles. The first-order valence-corrected chi connectivity index (χ1v) is 5.90. The normalized spacial score (nSPS) is 15.5. The van der Waals surface area contributed by atoms with Crippen LogP contribution in [-0.2, 0) is 4.79 Å². The highest BCUT2D eigenvalue weighted by molar-refractivity contribution is 5.91. The Kier molecular flexibility index (Phi) is 3.81. The lowest BCUT2D eigenvalue weighted by Crippen LogP contribution is -2.25. The molecule has 17 heavy (non-hydrogen) atoms. The van der Waals surface area contributed by atoms with Gasteiger partial charge in [-0.1, -0.05) is 12.1 Å². The third kappa shape index (κ3) is 3.09. The van der Waals surface area contributed by atoms with E-state index in [0.29, 0.717) is 0 Å². The summed E-state index contributed by atoms with van der Waals surface area (Å²) in [6.07, 6.45) is 5.75. The molecule has 1 heterocycles. The highest BCUT2D eigenvalue weighted by Crippen LogP contribution is 2.13. The Labute approximate surface area is 102 Å². The van der Waals surface area contributed by atoms with E-state index >= 15 is 0 Å². The topological polar surface area (TPSA) is 29.5 Å². The summed E-state index contributed by atoms with van der Waals surface area (Å²) in [4.78, 5) is 13.6. The second-order valence-corrected chi connectivity index (χ2v) is 4.14. The van der Waals surface area contributed by atoms with Crippen molar-refractivity contribution in [3.05, 3.63) is 35.9 Å². The van der Waals surface area contributed by atoms with Crippen LogP contribution < -0.4 is 4.74 Å². The van der Waals surface area contributed by atoms with Crippen molar-refractivity contribution in [3.8, 4) is 5.75 Å². The Hall–Kier alpha value is -1.77. The van der Waals surface area contributed by atoms with Gasteiger partial charge >= 0.3 is 0 Å². The van der Waals surface area contributed by atoms with E-state index in [1.165, 1.54) is 0 Å². The maximum absolute atomic E-state index is 11.8. The first-order valence-electron chi connectivity index (χ1n) is 5.90. The molecule has 3 nitrogen and oxygen atoms in total. The Morgan fingerprint density at radius 3 is 2.47 bits per heavy atom. The number of carbonyl (C=O) groups is 1. The largest absolute Gasteiger partial charge is 0.497 e. The summed E-state index contributed by atoms with van der Waals surface area (Å²) in [6.45, 7) is 1.79. The molecule has 1 aliphatic heterocycles. The van der Waals surface area contributed by atoms with Crippen LogP contribution in [0.5, 0.6) is 5.75 Å². The van der Waals surface area contributed by atoms with E-state index in [0.717, 1.165) is 37.2 Å². The maximum atomic E-state index is 11.8. The molecule has 2 rings (SSSR count). The van der Waals surface area contributed by atoms with Gasteiger partial charge in [0.25, 0.3) is 0 Å². The summed E-state index contributed by atoms with van der Waals surface area (Å²) in [5.41, 5.74) is 1.01. The molecule has 1 fully saturated rings. The van der Waals surface area contributed by atoms with Gasteiger partial charge in [0.05, 0.1) is 7.11 Å². The van der Waals surface area contributed by atoms with Crippen molar-refractivity contribution < 1.29 is 9.53 Å². The summed E-state index contributed by atoms with van der Waals surface area (Å²) in [5.74, 6) is 0.936. The van der Waals surface area contributed by atoms with Gasteiger partial charge in [0.15, 0.2) is 0 Å². The number of hydrogen-bond donors (Lipinski definition) is 0. The molecule has 1 amide bonds. The summed E-state index contributed by atoms with van der Waals surface area (Å²) in [6, 6.07) is 7.65. The van der Waals surface area contributed by atoms with Gasteiger partial charge in [-0.25, -0.2) is 0 Å². The predicted octanol–water partition coefficient (Wildman–Crippen LogP) is 2.33. The number of ether oxygens (including phenoxy) is 1. The molecule has 0 atom stereocenters. The summed E-state index contributed by atoms with van der Waals surface area (Å²) < 4.78 is 5.08. The highest BCUT2D eigenvalue weighted by Gasteiger charge is 2.14. The second-order valence-electron chi connectivity index (χ2n) is 4.14. The zero-order chi connectivity index (χ0) is 12.1. The predicted molar refractivity (Wildman–Crippen MR) is 67.8 cm³/mol. The number of likely N-dealkylation sites (tertiary alicyclic amines) is 1. The van der Waals surface area contributed by atoms with Gasteiger partial charge in [-0.2, -0.15) is 0 Å². The third-order valence-electron chi connectivity index (χ3n) is 2.95. The van der Waals surface area contributed by atoms with Gasteiger partial charge in [-0.3, -0.25) is 4.79 Å². The molecule has 0 radical (unpaired) electrons. The molecule has 0 aromatic heterocycles. The smallest absolute Gasteiger partial charge is 0.246 e. The summed E-state index contributed by atoms with van der Waals surface area (Å²) in [7, 11) is 1.64. The second kappa shape index (κ2) is 5.53. The Bertz CT molecular complexity index is 403. The van der Waals surface area contributed by atoms with Crippen LogP contribution in [0, 0.1) is 0 Å². The van der Waals surface area contributed by atoms with Crippen LogP contribution in [0.25, 0.3) is 6.08 Å².